The van der Waals surface area contributed by atoms with Crippen LogP contribution >= 0.6 is 17.2 Å². The molecule has 6 nitrogen and oxygen atoms in total. The number of hydrogen-bond acceptors (Lipinski definition) is 6. The summed E-state index contributed by atoms with van der Waals surface area (Å²) in [4.78, 5) is 30.8. The molecule has 3 N–H and O–H groups in total. The molecular weight excluding hydrogens is 198 g/mol. The SMILES string of the molecule is O[PH+]1OO1.[Ca+2].[O-]P(O)O. The van der Waals surface area contributed by atoms with Crippen LogP contribution in [-0.4, -0.2) is 52.4 Å². The minimum atomic E-state index is -2.87. The number of rotatable bonds is 0. The average molecular weight is 202 g/mol. The zero-order valence-corrected chi connectivity index (χ0v) is 8.32. The Bertz CT molecular complexity index is 50.3. The third-order valence-electron chi connectivity index (χ3n) is 0.158. The summed E-state index contributed by atoms with van der Waals surface area (Å²) in [5, 5.41) is 0. The third kappa shape index (κ3) is 25.8. The Hall–Kier alpha value is 1.88. The first-order chi connectivity index (χ1) is 3.63. The van der Waals surface area contributed by atoms with Crippen LogP contribution in [0.4, 0.5) is 0 Å². The summed E-state index contributed by atoms with van der Waals surface area (Å²) in [6, 6.07) is 0. The van der Waals surface area contributed by atoms with Gasteiger partial charge in [-0.25, -0.2) is 0 Å². The van der Waals surface area contributed by atoms with Gasteiger partial charge in [0.1, 0.15) is 0 Å². The fourth-order valence-corrected chi connectivity index (χ4v) is 0.168. The van der Waals surface area contributed by atoms with E-state index in [9.17, 15) is 0 Å². The van der Waals surface area contributed by atoms with Gasteiger partial charge in [0, 0.05) is 9.35 Å². The Kier molecular flexibility index (Phi) is 11.9. The summed E-state index contributed by atoms with van der Waals surface area (Å²) in [5.74, 6) is 0. The molecule has 0 aromatic heterocycles. The molecule has 1 aliphatic rings. The molecule has 0 radical (unpaired) electrons. The molecule has 0 aliphatic carbocycles. The number of hydrogen-bond donors (Lipinski definition) is 3. The Morgan fingerprint density at radius 3 is 1.44 bits per heavy atom. The molecular formula is H4CaO6P2+2. The zero-order valence-electron chi connectivity index (χ0n) is 4.22. The van der Waals surface area contributed by atoms with Crippen molar-refractivity contribution in [2.75, 3.05) is 0 Å². The monoisotopic (exact) mass is 202 g/mol. The predicted molar refractivity (Wildman–Crippen MR) is 29.8 cm³/mol. The molecule has 1 saturated heterocycles. The van der Waals surface area contributed by atoms with Crippen molar-refractivity contribution in [1.82, 2.24) is 0 Å². The van der Waals surface area contributed by atoms with Crippen LogP contribution in [-0.2, 0) is 9.35 Å². The summed E-state index contributed by atoms with van der Waals surface area (Å²) in [5.41, 5.74) is 0. The predicted octanol–water partition coefficient (Wildman–Crippen LogP) is -1.92. The molecule has 9 heteroatoms. The average Bonchev–Trinajstić information content (AvgIpc) is 2.19. The van der Waals surface area contributed by atoms with Gasteiger partial charge in [0.25, 0.3) is 0 Å². The van der Waals surface area contributed by atoms with E-state index in [4.69, 9.17) is 19.6 Å². The molecule has 0 unspecified atom stereocenters. The van der Waals surface area contributed by atoms with Crippen LogP contribution in [0.5, 0.6) is 0 Å². The van der Waals surface area contributed by atoms with Crippen LogP contribution in [0.2, 0.25) is 0 Å². The Morgan fingerprint density at radius 1 is 1.33 bits per heavy atom. The maximum absolute atomic E-state index is 8.70. The van der Waals surface area contributed by atoms with E-state index in [1.807, 2.05) is 0 Å². The maximum atomic E-state index is 8.70. The summed E-state index contributed by atoms with van der Waals surface area (Å²) >= 11 is 0. The molecule has 0 spiro atoms. The van der Waals surface area contributed by atoms with Gasteiger partial charge in [-0.3, -0.25) is 0 Å². The van der Waals surface area contributed by atoms with E-state index >= 15 is 0 Å². The van der Waals surface area contributed by atoms with Crippen LogP contribution in [0.3, 0.4) is 0 Å². The molecule has 0 bridgehead atoms. The van der Waals surface area contributed by atoms with Crippen LogP contribution < -0.4 is 4.89 Å². The van der Waals surface area contributed by atoms with Crippen LogP contribution in [0.15, 0.2) is 0 Å². The van der Waals surface area contributed by atoms with Gasteiger partial charge < -0.3 is 14.7 Å². The van der Waals surface area contributed by atoms with Crippen molar-refractivity contribution in [2.45, 2.75) is 0 Å². The van der Waals surface area contributed by atoms with E-state index in [2.05, 4.69) is 9.35 Å². The summed E-state index contributed by atoms with van der Waals surface area (Å²) in [6.45, 7) is 0. The summed E-state index contributed by atoms with van der Waals surface area (Å²) in [7, 11) is -4.50. The van der Waals surface area contributed by atoms with E-state index in [0.29, 0.717) is 0 Å². The van der Waals surface area contributed by atoms with Crippen molar-refractivity contribution < 1.29 is 28.9 Å². The molecule has 0 aromatic carbocycles. The van der Waals surface area contributed by atoms with Gasteiger partial charge in [0.05, 0.1) is 8.60 Å². The van der Waals surface area contributed by atoms with Crippen molar-refractivity contribution in [3.05, 3.63) is 0 Å². The first-order valence-corrected chi connectivity index (χ1v) is 3.81. The van der Waals surface area contributed by atoms with E-state index in [1.54, 1.807) is 0 Å². The van der Waals surface area contributed by atoms with E-state index in [0.717, 1.165) is 0 Å². The smallest absolute Gasteiger partial charge is 0.786 e. The van der Waals surface area contributed by atoms with E-state index in [-0.39, 0.29) is 37.7 Å². The largest absolute Gasteiger partial charge is 2.00 e. The molecule has 1 rings (SSSR count). The van der Waals surface area contributed by atoms with Gasteiger partial charge in [0.2, 0.25) is 0 Å². The van der Waals surface area contributed by atoms with Gasteiger partial charge in [-0.1, -0.05) is 0 Å². The molecule has 1 heterocycles. The summed E-state index contributed by atoms with van der Waals surface area (Å²) in [6.07, 6.45) is 0. The summed E-state index contributed by atoms with van der Waals surface area (Å²) < 4.78 is 7.73. The van der Waals surface area contributed by atoms with Crippen molar-refractivity contribution in [3.63, 3.8) is 0 Å². The van der Waals surface area contributed by atoms with Crippen molar-refractivity contribution in [3.8, 4) is 0 Å². The Balaban J connectivity index is 0. The fourth-order valence-electron chi connectivity index (χ4n) is 0.0186. The zero-order chi connectivity index (χ0) is 6.57. The first-order valence-electron chi connectivity index (χ1n) is 1.38. The van der Waals surface area contributed by atoms with Gasteiger partial charge in [-0.05, 0) is 0 Å². The molecule has 0 atom stereocenters. The van der Waals surface area contributed by atoms with Crippen LogP contribution in [0.1, 0.15) is 0 Å². The quantitative estimate of drug-likeness (QED) is 0.183. The van der Waals surface area contributed by atoms with E-state index in [1.165, 1.54) is 0 Å². The molecule has 0 aromatic rings. The molecule has 50 valence electrons. The van der Waals surface area contributed by atoms with Crippen LogP contribution in [0, 0.1) is 0 Å². The second-order valence-electron chi connectivity index (χ2n) is 0.685. The van der Waals surface area contributed by atoms with Crippen LogP contribution in [0.25, 0.3) is 0 Å². The second-order valence-corrected chi connectivity index (χ2v) is 2.06. The van der Waals surface area contributed by atoms with Gasteiger partial charge >= 0.3 is 46.3 Å². The van der Waals surface area contributed by atoms with Gasteiger partial charge in [-0.2, -0.15) is 4.89 Å². The molecule has 9 heavy (non-hydrogen) atoms. The molecule has 0 saturated carbocycles. The Labute approximate surface area is 83.3 Å². The standard InChI is InChI=1S/Ca.2H2O3P/c;1-4-2-3-4;1-4(2)3/h;1,4H;1-2H/q+2;+1;-1. The Morgan fingerprint density at radius 2 is 1.44 bits per heavy atom. The van der Waals surface area contributed by atoms with Crippen molar-refractivity contribution >= 4 is 54.9 Å². The third-order valence-corrected chi connectivity index (χ3v) is 0.474. The first kappa shape index (κ1) is 13.5. The normalized spacial score (nSPS) is 15.7. The van der Waals surface area contributed by atoms with Crippen molar-refractivity contribution in [2.24, 2.45) is 0 Å². The second kappa shape index (κ2) is 7.98. The fraction of sp³-hybridized carbons (Fsp3) is 0. The molecule has 1 aliphatic heterocycles. The molecule has 1 fully saturated rings. The van der Waals surface area contributed by atoms with E-state index < -0.39 is 17.2 Å². The maximum Gasteiger partial charge on any atom is 2.00 e. The minimum Gasteiger partial charge on any atom is -0.786 e. The minimum absolute atomic E-state index is 0. The topological polar surface area (TPSA) is 109 Å². The molecule has 0 amide bonds. The van der Waals surface area contributed by atoms with Gasteiger partial charge in [-0.15, -0.1) is 0 Å². The van der Waals surface area contributed by atoms with Crippen molar-refractivity contribution in [1.29, 1.82) is 0 Å². The van der Waals surface area contributed by atoms with Gasteiger partial charge in [0.15, 0.2) is 0 Å².